The molecule has 0 bridgehead atoms. The molecule has 6 aromatic rings. The molecule has 6 aromatic carbocycles. The van der Waals surface area contributed by atoms with Gasteiger partial charge in [-0.15, -0.1) is 69.1 Å². The molecule has 0 fully saturated rings. The van der Waals surface area contributed by atoms with Gasteiger partial charge in [0.15, 0.2) is 0 Å². The third-order valence-electron chi connectivity index (χ3n) is 10.1. The summed E-state index contributed by atoms with van der Waals surface area (Å²) in [5.41, 5.74) is 14.5. The Morgan fingerprint density at radius 2 is 0.870 bits per heavy atom. The van der Waals surface area contributed by atoms with Gasteiger partial charge in [0.25, 0.3) is 0 Å². The second-order valence-electron chi connectivity index (χ2n) is 15.6. The molecule has 6 rings (SSSR count). The fraction of sp³-hybridized carbons (Fsp3) is 0.400. The van der Waals surface area contributed by atoms with Gasteiger partial charge < -0.3 is 0 Å². The molecule has 0 aromatic heterocycles. The number of benzene rings is 4. The Labute approximate surface area is 350 Å². The van der Waals surface area contributed by atoms with Gasteiger partial charge in [0.05, 0.1) is 0 Å². The fourth-order valence-electron chi connectivity index (χ4n) is 7.41. The molecule has 0 atom stereocenters. The van der Waals surface area contributed by atoms with E-state index < -0.39 is 20.8 Å². The summed E-state index contributed by atoms with van der Waals surface area (Å²) in [6.45, 7) is 27.1. The molecule has 0 spiro atoms. The predicted molar refractivity (Wildman–Crippen MR) is 243 cm³/mol. The zero-order valence-electron chi connectivity index (χ0n) is 35.1. The molecular formula is C50H64Cl2SiZr. The summed E-state index contributed by atoms with van der Waals surface area (Å²) >= 11 is -0.826. The molecule has 4 heteroatoms. The van der Waals surface area contributed by atoms with Gasteiger partial charge in [0, 0.05) is 9.52 Å². The van der Waals surface area contributed by atoms with Gasteiger partial charge in [-0.05, 0) is 58.8 Å². The van der Waals surface area contributed by atoms with Crippen molar-refractivity contribution in [3.8, 4) is 22.3 Å². The monoisotopic (exact) mass is 852 g/mol. The Bertz CT molecular complexity index is 1860. The summed E-state index contributed by atoms with van der Waals surface area (Å²) < 4.78 is 0. The average molecular weight is 855 g/mol. The first-order valence-electron chi connectivity index (χ1n) is 20.1. The van der Waals surface area contributed by atoms with Crippen LogP contribution in [0.4, 0.5) is 0 Å². The van der Waals surface area contributed by atoms with Crippen LogP contribution < -0.4 is 0 Å². The average Bonchev–Trinajstić information content (AvgIpc) is 3.78. The molecule has 0 unspecified atom stereocenters. The normalized spacial score (nSPS) is 11.0. The van der Waals surface area contributed by atoms with Crippen molar-refractivity contribution in [3.05, 3.63) is 130 Å². The number of rotatable bonds is 10. The van der Waals surface area contributed by atoms with E-state index in [1.165, 1.54) is 90.0 Å². The van der Waals surface area contributed by atoms with E-state index in [4.69, 9.17) is 17.0 Å². The van der Waals surface area contributed by atoms with Gasteiger partial charge >= 0.3 is 37.9 Å². The van der Waals surface area contributed by atoms with Gasteiger partial charge in [-0.25, -0.2) is 0 Å². The van der Waals surface area contributed by atoms with Gasteiger partial charge in [0.2, 0.25) is 0 Å². The van der Waals surface area contributed by atoms with E-state index in [1.807, 2.05) is 0 Å². The number of aryl methyl sites for hydroxylation is 2. The van der Waals surface area contributed by atoms with Crippen LogP contribution in [0.15, 0.2) is 97.1 Å². The maximum absolute atomic E-state index is 4.93. The molecule has 0 aliphatic rings. The van der Waals surface area contributed by atoms with Gasteiger partial charge in [-0.2, -0.15) is 12.1 Å². The van der Waals surface area contributed by atoms with Crippen LogP contribution in [-0.4, -0.2) is 9.52 Å². The third kappa shape index (κ3) is 11.9. The van der Waals surface area contributed by atoms with Crippen LogP contribution in [0.5, 0.6) is 0 Å². The van der Waals surface area contributed by atoms with Crippen LogP contribution in [0.25, 0.3) is 43.8 Å². The minimum atomic E-state index is -0.826. The maximum atomic E-state index is 4.93. The molecule has 0 aliphatic heterocycles. The molecule has 54 heavy (non-hydrogen) atoms. The summed E-state index contributed by atoms with van der Waals surface area (Å²) in [6, 6.07) is 36.8. The summed E-state index contributed by atoms with van der Waals surface area (Å²) in [7, 11) is 11.0. The van der Waals surface area contributed by atoms with Crippen molar-refractivity contribution in [2.75, 3.05) is 0 Å². The van der Waals surface area contributed by atoms with E-state index in [2.05, 4.69) is 179 Å². The number of halogens is 2. The van der Waals surface area contributed by atoms with E-state index in [9.17, 15) is 0 Å². The Kier molecular flexibility index (Phi) is 19.8. The Hall–Kier alpha value is -2.22. The molecule has 0 heterocycles. The number of hydrogen-bond donors (Lipinski definition) is 0. The van der Waals surface area contributed by atoms with Crippen molar-refractivity contribution in [1.29, 1.82) is 0 Å². The predicted octanol–water partition coefficient (Wildman–Crippen LogP) is 17.0. The summed E-state index contributed by atoms with van der Waals surface area (Å²) in [6.07, 6.45) is 4.64. The van der Waals surface area contributed by atoms with Gasteiger partial charge in [-0.1, -0.05) is 166 Å². The van der Waals surface area contributed by atoms with Gasteiger partial charge in [0.1, 0.15) is 0 Å². The molecule has 0 nitrogen and oxygen atoms in total. The van der Waals surface area contributed by atoms with E-state index in [-0.39, 0.29) is 0 Å². The van der Waals surface area contributed by atoms with Crippen LogP contribution in [0.2, 0.25) is 13.1 Å². The SMILES string of the molecule is CCCc1ccc2[cH-]c(C(C)C)cc2c1-c1ccccc1C(C)C.CCCc1ccc2[cH-]c(C(C)C)cc2c1-c1ccccc1C(C)C.C[Si]C.[Cl][Zr+2][Cl]. The zero-order valence-corrected chi connectivity index (χ0v) is 40.1. The topological polar surface area (TPSA) is 0 Å². The first-order valence-corrected chi connectivity index (χ1v) is 28.4. The number of fused-ring (bicyclic) bond motifs is 2. The molecule has 0 saturated heterocycles. The van der Waals surface area contributed by atoms with Gasteiger partial charge in [-0.3, -0.25) is 0 Å². The van der Waals surface area contributed by atoms with E-state index in [0.717, 1.165) is 22.4 Å². The standard InChI is InChI=1S/2C24H29.C2H6Si.2ClH.Zr/c2*1-6-9-18-12-13-19-14-20(16(2)3)15-23(19)24(18)22-11-8-7-10-21(22)17(4)5;1-3-2;;;/h2*7-8,10-17H,6,9H2,1-5H3;1-2H3;2*1H;/q2*-1;;;;+4/p-2. The molecule has 0 aliphatic carbocycles. The minimum absolute atomic E-state index is 0.533. The van der Waals surface area contributed by atoms with Crippen LogP contribution >= 0.6 is 17.0 Å². The second-order valence-corrected chi connectivity index (χ2v) is 20.4. The Balaban J connectivity index is 0.000000254. The van der Waals surface area contributed by atoms with Crippen molar-refractivity contribution in [1.82, 2.24) is 0 Å². The van der Waals surface area contributed by atoms with Crippen molar-refractivity contribution >= 4 is 48.1 Å². The Morgan fingerprint density at radius 3 is 1.17 bits per heavy atom. The molecule has 286 valence electrons. The van der Waals surface area contributed by atoms with Crippen molar-refractivity contribution < 1.29 is 20.8 Å². The van der Waals surface area contributed by atoms with Crippen LogP contribution in [0.1, 0.15) is 139 Å². The number of hydrogen-bond acceptors (Lipinski definition) is 0. The first-order chi connectivity index (χ1) is 25.9. The first kappa shape index (κ1) is 46.2. The van der Waals surface area contributed by atoms with E-state index in [1.54, 1.807) is 0 Å². The molecule has 0 amide bonds. The second kappa shape index (κ2) is 23.1. The van der Waals surface area contributed by atoms with Crippen molar-refractivity contribution in [2.24, 2.45) is 0 Å². The summed E-state index contributed by atoms with van der Waals surface area (Å²) in [4.78, 5) is 0. The molecule has 2 radical (unpaired) electrons. The van der Waals surface area contributed by atoms with Crippen molar-refractivity contribution in [3.63, 3.8) is 0 Å². The molecular weight excluding hydrogens is 791 g/mol. The van der Waals surface area contributed by atoms with E-state index >= 15 is 0 Å². The third-order valence-corrected chi connectivity index (χ3v) is 10.1. The Morgan fingerprint density at radius 1 is 0.537 bits per heavy atom. The van der Waals surface area contributed by atoms with Crippen LogP contribution in [0.3, 0.4) is 0 Å². The molecule has 0 N–H and O–H groups in total. The fourth-order valence-corrected chi connectivity index (χ4v) is 7.41. The molecule has 0 saturated carbocycles. The summed E-state index contributed by atoms with van der Waals surface area (Å²) in [5.74, 6) is 2.20. The quantitative estimate of drug-likeness (QED) is 0.0951. The van der Waals surface area contributed by atoms with Crippen molar-refractivity contribution in [2.45, 2.75) is 132 Å². The van der Waals surface area contributed by atoms with Crippen LogP contribution in [0, 0.1) is 0 Å². The van der Waals surface area contributed by atoms with Crippen LogP contribution in [-0.2, 0) is 33.7 Å². The zero-order chi connectivity index (χ0) is 39.9. The van der Waals surface area contributed by atoms with E-state index in [0.29, 0.717) is 23.7 Å². The summed E-state index contributed by atoms with van der Waals surface area (Å²) in [5, 5.41) is 5.62.